The Morgan fingerprint density at radius 2 is 1.77 bits per heavy atom. The van der Waals surface area contributed by atoms with Crippen LogP contribution in [0.5, 0.6) is 0 Å². The summed E-state index contributed by atoms with van der Waals surface area (Å²) >= 11 is 5.99. The maximum absolute atomic E-state index is 12.8. The first-order valence-corrected chi connectivity index (χ1v) is 8.33. The minimum atomic E-state index is -3.91. The number of carboxylic acids is 1. The molecule has 0 amide bonds. The Bertz CT molecular complexity index is 850. The summed E-state index contributed by atoms with van der Waals surface area (Å²) in [7, 11) is -3.91. The Morgan fingerprint density at radius 1 is 1.14 bits per heavy atom. The summed E-state index contributed by atoms with van der Waals surface area (Å²) in [5, 5.41) is 9.43. The number of sulfonamides is 1. The molecule has 2 aromatic rings. The Balaban J connectivity index is 2.14. The van der Waals surface area contributed by atoms with E-state index in [0.29, 0.717) is 11.3 Å². The van der Waals surface area contributed by atoms with Gasteiger partial charge < -0.3 is 5.11 Å². The molecule has 1 unspecified atom stereocenters. The molecule has 1 heterocycles. The third kappa shape index (κ3) is 2.24. The van der Waals surface area contributed by atoms with Crippen LogP contribution in [-0.2, 0) is 14.8 Å². The number of para-hydroxylation sites is 1. The lowest BCUT2D eigenvalue weighted by Crippen LogP contribution is -2.31. The topological polar surface area (TPSA) is 74.7 Å². The number of benzene rings is 2. The van der Waals surface area contributed by atoms with Crippen LogP contribution in [0.4, 0.5) is 5.69 Å². The smallest absolute Gasteiger partial charge is 0.312 e. The molecule has 0 aromatic heterocycles. The van der Waals surface area contributed by atoms with Crippen molar-refractivity contribution in [2.24, 2.45) is 0 Å². The Hall–Kier alpha value is -2.05. The van der Waals surface area contributed by atoms with E-state index in [1.807, 2.05) is 0 Å². The minimum absolute atomic E-state index is 0.0301. The van der Waals surface area contributed by atoms with Crippen molar-refractivity contribution in [1.82, 2.24) is 0 Å². The summed E-state index contributed by atoms with van der Waals surface area (Å²) < 4.78 is 26.8. The molecule has 3 rings (SSSR count). The minimum Gasteiger partial charge on any atom is -0.481 e. The fraction of sp³-hybridized carbons (Fsp3) is 0.133. The highest BCUT2D eigenvalue weighted by atomic mass is 35.5. The molecule has 0 fully saturated rings. The van der Waals surface area contributed by atoms with Gasteiger partial charge in [-0.3, -0.25) is 9.10 Å². The molecule has 2 aromatic carbocycles. The van der Waals surface area contributed by atoms with Gasteiger partial charge in [-0.25, -0.2) is 8.42 Å². The summed E-state index contributed by atoms with van der Waals surface area (Å²) in [6.45, 7) is -0.137. The van der Waals surface area contributed by atoms with Crippen LogP contribution in [0.15, 0.2) is 53.4 Å². The van der Waals surface area contributed by atoms with Crippen LogP contribution >= 0.6 is 11.6 Å². The number of aliphatic carboxylic acids is 1. The van der Waals surface area contributed by atoms with Gasteiger partial charge in [0.1, 0.15) is 10.8 Å². The molecular formula is C15H12ClNO4S. The predicted octanol–water partition coefficient (Wildman–Crippen LogP) is 2.72. The first-order valence-electron chi connectivity index (χ1n) is 6.52. The second-order valence-corrected chi connectivity index (χ2v) is 7.15. The first kappa shape index (κ1) is 14.9. The Morgan fingerprint density at radius 3 is 2.45 bits per heavy atom. The largest absolute Gasteiger partial charge is 0.481 e. The van der Waals surface area contributed by atoms with Gasteiger partial charge in [0.05, 0.1) is 17.3 Å². The van der Waals surface area contributed by atoms with E-state index in [1.165, 1.54) is 12.1 Å². The number of halogens is 1. The molecule has 1 N–H and O–H groups in total. The second-order valence-electron chi connectivity index (χ2n) is 4.92. The number of rotatable bonds is 3. The quantitative estimate of drug-likeness (QED) is 0.934. The summed E-state index contributed by atoms with van der Waals surface area (Å²) in [6, 6.07) is 12.7. The van der Waals surface area contributed by atoms with E-state index in [0.717, 1.165) is 4.31 Å². The Labute approximate surface area is 132 Å². The van der Waals surface area contributed by atoms with Crippen molar-refractivity contribution in [3.8, 4) is 0 Å². The monoisotopic (exact) mass is 337 g/mol. The van der Waals surface area contributed by atoms with Crippen molar-refractivity contribution >= 4 is 33.3 Å². The average molecular weight is 338 g/mol. The van der Waals surface area contributed by atoms with E-state index in [9.17, 15) is 18.3 Å². The normalized spacial score (nSPS) is 17.3. The molecule has 1 aliphatic rings. The maximum Gasteiger partial charge on any atom is 0.312 e. The van der Waals surface area contributed by atoms with E-state index in [4.69, 9.17) is 11.6 Å². The van der Waals surface area contributed by atoms with Gasteiger partial charge in [0.2, 0.25) is 0 Å². The molecule has 5 nitrogen and oxygen atoms in total. The van der Waals surface area contributed by atoms with Crippen LogP contribution < -0.4 is 4.31 Å². The summed E-state index contributed by atoms with van der Waals surface area (Å²) in [5.74, 6) is -1.93. The van der Waals surface area contributed by atoms with E-state index in [1.54, 1.807) is 36.4 Å². The van der Waals surface area contributed by atoms with Crippen LogP contribution in [0.2, 0.25) is 5.02 Å². The zero-order valence-corrected chi connectivity index (χ0v) is 12.9. The highest BCUT2D eigenvalue weighted by Gasteiger charge is 2.40. The van der Waals surface area contributed by atoms with Crippen molar-refractivity contribution in [2.75, 3.05) is 10.8 Å². The molecule has 0 aliphatic carbocycles. The van der Waals surface area contributed by atoms with Crippen molar-refractivity contribution in [2.45, 2.75) is 10.8 Å². The van der Waals surface area contributed by atoms with Gasteiger partial charge >= 0.3 is 5.97 Å². The Kier molecular flexibility index (Phi) is 3.58. The third-order valence-electron chi connectivity index (χ3n) is 3.63. The van der Waals surface area contributed by atoms with Gasteiger partial charge in [0, 0.05) is 0 Å². The molecule has 1 atom stereocenters. The zero-order chi connectivity index (χ0) is 15.9. The fourth-order valence-electron chi connectivity index (χ4n) is 2.58. The summed E-state index contributed by atoms with van der Waals surface area (Å²) in [5.41, 5.74) is 0.875. The van der Waals surface area contributed by atoms with E-state index >= 15 is 0 Å². The van der Waals surface area contributed by atoms with Gasteiger partial charge in [-0.15, -0.1) is 0 Å². The summed E-state index contributed by atoms with van der Waals surface area (Å²) in [6.07, 6.45) is 0. The van der Waals surface area contributed by atoms with Gasteiger partial charge in [-0.05, 0) is 23.8 Å². The molecule has 0 saturated carbocycles. The van der Waals surface area contributed by atoms with Crippen molar-refractivity contribution in [3.05, 3.63) is 59.1 Å². The number of anilines is 1. The molecule has 0 bridgehead atoms. The lowest BCUT2D eigenvalue weighted by Gasteiger charge is -2.20. The highest BCUT2D eigenvalue weighted by Crippen LogP contribution is 2.40. The predicted molar refractivity (Wildman–Crippen MR) is 82.8 cm³/mol. The van der Waals surface area contributed by atoms with Crippen molar-refractivity contribution in [3.63, 3.8) is 0 Å². The van der Waals surface area contributed by atoms with Crippen LogP contribution in [0.25, 0.3) is 0 Å². The fourth-order valence-corrected chi connectivity index (χ4v) is 4.58. The number of fused-ring (bicyclic) bond motifs is 1. The maximum atomic E-state index is 12.8. The number of hydrogen-bond acceptors (Lipinski definition) is 3. The molecular weight excluding hydrogens is 326 g/mol. The molecule has 7 heteroatoms. The third-order valence-corrected chi connectivity index (χ3v) is 5.91. The van der Waals surface area contributed by atoms with Crippen molar-refractivity contribution in [1.29, 1.82) is 0 Å². The zero-order valence-electron chi connectivity index (χ0n) is 11.3. The van der Waals surface area contributed by atoms with Gasteiger partial charge in [0.25, 0.3) is 10.0 Å². The second kappa shape index (κ2) is 5.30. The SMILES string of the molecule is O=C(O)C1CN(S(=O)(=O)c2ccccc2Cl)c2ccccc21. The van der Waals surface area contributed by atoms with Crippen LogP contribution in [0, 0.1) is 0 Å². The van der Waals surface area contributed by atoms with Crippen LogP contribution in [0.3, 0.4) is 0 Å². The lowest BCUT2D eigenvalue weighted by molar-refractivity contribution is -0.138. The highest BCUT2D eigenvalue weighted by molar-refractivity contribution is 7.93. The average Bonchev–Trinajstić information content (AvgIpc) is 2.88. The number of carbonyl (C=O) groups is 1. The van der Waals surface area contributed by atoms with E-state index in [-0.39, 0.29) is 16.5 Å². The molecule has 22 heavy (non-hydrogen) atoms. The van der Waals surface area contributed by atoms with Crippen molar-refractivity contribution < 1.29 is 18.3 Å². The van der Waals surface area contributed by atoms with Crippen LogP contribution in [0.1, 0.15) is 11.5 Å². The number of nitrogens with zero attached hydrogens (tertiary/aromatic N) is 1. The molecule has 0 saturated heterocycles. The number of hydrogen-bond donors (Lipinski definition) is 1. The molecule has 1 aliphatic heterocycles. The van der Waals surface area contributed by atoms with Crippen LogP contribution in [-0.4, -0.2) is 26.0 Å². The standard InChI is InChI=1S/C15H12ClNO4S/c16-12-6-2-4-8-14(12)22(20,21)17-9-11(15(18)19)10-5-1-3-7-13(10)17/h1-8,11H,9H2,(H,18,19). The van der Waals surface area contributed by atoms with Gasteiger partial charge in [-0.1, -0.05) is 41.9 Å². The molecule has 0 radical (unpaired) electrons. The number of carboxylic acid groups (broad SMARTS) is 1. The van der Waals surface area contributed by atoms with Gasteiger partial charge in [0.15, 0.2) is 0 Å². The molecule has 114 valence electrons. The van der Waals surface area contributed by atoms with Gasteiger partial charge in [-0.2, -0.15) is 0 Å². The van der Waals surface area contributed by atoms with E-state index in [2.05, 4.69) is 0 Å². The van der Waals surface area contributed by atoms with E-state index < -0.39 is 21.9 Å². The lowest BCUT2D eigenvalue weighted by atomic mass is 10.0. The first-order chi connectivity index (χ1) is 10.4. The summed E-state index contributed by atoms with van der Waals surface area (Å²) in [4.78, 5) is 11.4. The molecule has 0 spiro atoms.